The van der Waals surface area contributed by atoms with Gasteiger partial charge >= 0.3 is 0 Å². The summed E-state index contributed by atoms with van der Waals surface area (Å²) >= 11 is 1.62. The zero-order chi connectivity index (χ0) is 25.9. The average molecular weight is 507 g/mol. The highest BCUT2D eigenvalue weighted by Crippen LogP contribution is 2.45. The first-order valence-electron chi connectivity index (χ1n) is 12.1. The van der Waals surface area contributed by atoms with Gasteiger partial charge in [0.1, 0.15) is 10.8 Å². The molecule has 0 unspecified atom stereocenters. The molecule has 1 heterocycles. The van der Waals surface area contributed by atoms with Crippen molar-refractivity contribution in [2.75, 3.05) is 26.6 Å². The highest BCUT2D eigenvalue weighted by atomic mass is 32.1. The number of nitrogens with one attached hydrogen (secondary N) is 1. The lowest BCUT2D eigenvalue weighted by Gasteiger charge is -2.33. The predicted molar refractivity (Wildman–Crippen MR) is 147 cm³/mol. The number of benzene rings is 2. The largest absolute Gasteiger partial charge is 0.495 e. The molecule has 6 nitrogen and oxygen atoms in total. The van der Waals surface area contributed by atoms with Gasteiger partial charge < -0.3 is 19.5 Å². The molecule has 1 aromatic heterocycles. The third-order valence-electron chi connectivity index (χ3n) is 6.79. The van der Waals surface area contributed by atoms with Crippen molar-refractivity contribution in [3.63, 3.8) is 0 Å². The van der Waals surface area contributed by atoms with Crippen LogP contribution in [0, 0.1) is 11.3 Å². The van der Waals surface area contributed by atoms with Gasteiger partial charge in [-0.2, -0.15) is 0 Å². The zero-order valence-corrected chi connectivity index (χ0v) is 22.6. The van der Waals surface area contributed by atoms with Crippen LogP contribution in [0.25, 0.3) is 0 Å². The fraction of sp³-hybridized carbons (Fsp3) is 0.379. The van der Waals surface area contributed by atoms with Crippen LogP contribution in [0.2, 0.25) is 0 Å². The number of carbonyl (C=O) groups excluding carboxylic acids is 1. The number of ether oxygens (including phenoxy) is 3. The van der Waals surface area contributed by atoms with Crippen LogP contribution < -0.4 is 19.5 Å². The maximum absolute atomic E-state index is 13.6. The number of anilines is 1. The highest BCUT2D eigenvalue weighted by Gasteiger charge is 2.33. The molecule has 0 saturated carbocycles. The van der Waals surface area contributed by atoms with Gasteiger partial charge in [-0.05, 0) is 72.1 Å². The van der Waals surface area contributed by atoms with Gasteiger partial charge in [0.05, 0.1) is 32.6 Å². The average Bonchev–Trinajstić information content (AvgIpc) is 3.24. The van der Waals surface area contributed by atoms with Crippen LogP contribution in [-0.2, 0) is 12.8 Å². The Kier molecular flexibility index (Phi) is 7.69. The number of para-hydroxylation sites is 2. The Bertz CT molecular complexity index is 1270. The Morgan fingerprint density at radius 1 is 1.03 bits per heavy atom. The number of hydrogen-bond donors (Lipinski definition) is 1. The summed E-state index contributed by atoms with van der Waals surface area (Å²) < 4.78 is 16.2. The van der Waals surface area contributed by atoms with Crippen molar-refractivity contribution >= 4 is 34.1 Å². The molecule has 190 valence electrons. The summed E-state index contributed by atoms with van der Waals surface area (Å²) in [5.41, 5.74) is 3.49. The van der Waals surface area contributed by atoms with E-state index in [0.29, 0.717) is 34.4 Å². The second-order valence-electron chi connectivity index (χ2n) is 10.0. The standard InChI is InChI=1S/C29H34N2O4S/c1-29(2,3)19-12-13-20-25(16-19)36-28(30-17-18-11-14-23(34-5)24(15-18)35-6)26(20)27(32)31-21-9-7-8-10-22(21)33-4/h7-11,14-15,17,19H,12-13,16H2,1-6H3,(H,31,32)/t19-/m1/s1. The summed E-state index contributed by atoms with van der Waals surface area (Å²) in [5.74, 6) is 2.32. The number of nitrogens with zero attached hydrogens (tertiary/aromatic N) is 1. The van der Waals surface area contributed by atoms with Crippen molar-refractivity contribution < 1.29 is 19.0 Å². The number of rotatable bonds is 7. The highest BCUT2D eigenvalue weighted by molar-refractivity contribution is 7.16. The number of thiophene rings is 1. The van der Waals surface area contributed by atoms with E-state index in [1.807, 2.05) is 42.5 Å². The predicted octanol–water partition coefficient (Wildman–Crippen LogP) is 6.93. The third kappa shape index (κ3) is 5.41. The first kappa shape index (κ1) is 25.8. The van der Waals surface area contributed by atoms with E-state index in [0.717, 1.165) is 35.4 Å². The second kappa shape index (κ2) is 10.7. The molecule has 3 aromatic rings. The lowest BCUT2D eigenvalue weighted by atomic mass is 9.72. The molecular weight excluding hydrogens is 472 g/mol. The molecular formula is C29H34N2O4S. The molecule has 0 spiro atoms. The fourth-order valence-corrected chi connectivity index (χ4v) is 5.90. The van der Waals surface area contributed by atoms with Gasteiger partial charge in [-0.3, -0.25) is 4.79 Å². The summed E-state index contributed by atoms with van der Waals surface area (Å²) in [7, 11) is 4.82. The van der Waals surface area contributed by atoms with Gasteiger partial charge in [0.15, 0.2) is 11.5 Å². The molecule has 0 aliphatic heterocycles. The lowest BCUT2D eigenvalue weighted by molar-refractivity contribution is 0.102. The van der Waals surface area contributed by atoms with Crippen molar-refractivity contribution in [1.82, 2.24) is 0 Å². The summed E-state index contributed by atoms with van der Waals surface area (Å²) in [6, 6.07) is 13.1. The van der Waals surface area contributed by atoms with Crippen LogP contribution in [-0.4, -0.2) is 33.5 Å². The van der Waals surface area contributed by atoms with E-state index in [1.165, 1.54) is 4.88 Å². The van der Waals surface area contributed by atoms with Gasteiger partial charge in [0, 0.05) is 11.1 Å². The molecule has 2 aromatic carbocycles. The molecule has 7 heteroatoms. The molecule has 0 radical (unpaired) electrons. The fourth-order valence-electron chi connectivity index (χ4n) is 4.63. The maximum atomic E-state index is 13.6. The van der Waals surface area contributed by atoms with E-state index >= 15 is 0 Å². The van der Waals surface area contributed by atoms with Crippen LogP contribution in [0.5, 0.6) is 17.2 Å². The zero-order valence-electron chi connectivity index (χ0n) is 21.8. The van der Waals surface area contributed by atoms with Crippen molar-refractivity contribution in [2.24, 2.45) is 16.3 Å². The third-order valence-corrected chi connectivity index (χ3v) is 7.95. The van der Waals surface area contributed by atoms with Gasteiger partial charge in [0.2, 0.25) is 0 Å². The summed E-state index contributed by atoms with van der Waals surface area (Å²) in [5, 5.41) is 3.78. The topological polar surface area (TPSA) is 69.2 Å². The molecule has 1 aliphatic rings. The Labute approximate surface area is 217 Å². The van der Waals surface area contributed by atoms with Crippen LogP contribution in [0.3, 0.4) is 0 Å². The minimum absolute atomic E-state index is 0.161. The summed E-state index contributed by atoms with van der Waals surface area (Å²) in [6.07, 6.45) is 4.67. The molecule has 1 amide bonds. The van der Waals surface area contributed by atoms with E-state index < -0.39 is 0 Å². The molecule has 0 saturated heterocycles. The number of fused-ring (bicyclic) bond motifs is 1. The molecule has 0 fully saturated rings. The van der Waals surface area contributed by atoms with Gasteiger partial charge in [-0.25, -0.2) is 4.99 Å². The Morgan fingerprint density at radius 3 is 2.44 bits per heavy atom. The maximum Gasteiger partial charge on any atom is 0.259 e. The van der Waals surface area contributed by atoms with Crippen molar-refractivity contribution in [1.29, 1.82) is 0 Å². The van der Waals surface area contributed by atoms with Crippen molar-refractivity contribution in [3.8, 4) is 17.2 Å². The smallest absolute Gasteiger partial charge is 0.259 e. The van der Waals surface area contributed by atoms with E-state index in [1.54, 1.807) is 38.9 Å². The van der Waals surface area contributed by atoms with Gasteiger partial charge in [-0.1, -0.05) is 32.9 Å². The van der Waals surface area contributed by atoms with E-state index in [-0.39, 0.29) is 11.3 Å². The van der Waals surface area contributed by atoms with Crippen LogP contribution >= 0.6 is 11.3 Å². The SMILES string of the molecule is COc1ccccc1NC(=O)c1c(N=Cc2ccc(OC)c(OC)c2)sc2c1CC[C@@H](C(C)(C)C)C2. The monoisotopic (exact) mass is 506 g/mol. The van der Waals surface area contributed by atoms with Crippen molar-refractivity contribution in [2.45, 2.75) is 40.0 Å². The quantitative estimate of drug-likeness (QED) is 0.353. The normalized spacial score (nSPS) is 15.4. The molecule has 1 N–H and O–H groups in total. The van der Waals surface area contributed by atoms with Crippen LogP contribution in [0.15, 0.2) is 47.5 Å². The second-order valence-corrected chi connectivity index (χ2v) is 11.1. The molecule has 1 aliphatic carbocycles. The first-order valence-corrected chi connectivity index (χ1v) is 12.9. The first-order chi connectivity index (χ1) is 17.2. The Hall–Kier alpha value is -3.32. The number of aliphatic imine (C=N–C) groups is 1. The van der Waals surface area contributed by atoms with E-state index in [9.17, 15) is 4.79 Å². The summed E-state index contributed by atoms with van der Waals surface area (Å²) in [4.78, 5) is 19.7. The number of hydrogen-bond acceptors (Lipinski definition) is 6. The minimum Gasteiger partial charge on any atom is -0.495 e. The Morgan fingerprint density at radius 2 is 1.75 bits per heavy atom. The van der Waals surface area contributed by atoms with Crippen LogP contribution in [0.1, 0.15) is 53.6 Å². The van der Waals surface area contributed by atoms with Crippen LogP contribution in [0.4, 0.5) is 10.7 Å². The minimum atomic E-state index is -0.161. The number of carbonyl (C=O) groups is 1. The molecule has 4 rings (SSSR count). The van der Waals surface area contributed by atoms with Crippen molar-refractivity contribution in [3.05, 3.63) is 64.0 Å². The summed E-state index contributed by atoms with van der Waals surface area (Å²) in [6.45, 7) is 6.88. The van der Waals surface area contributed by atoms with E-state index in [2.05, 4.69) is 26.1 Å². The number of amides is 1. The molecule has 1 atom stereocenters. The van der Waals surface area contributed by atoms with E-state index in [4.69, 9.17) is 19.2 Å². The van der Waals surface area contributed by atoms with Gasteiger partial charge in [0.25, 0.3) is 5.91 Å². The molecule has 0 bridgehead atoms. The lowest BCUT2D eigenvalue weighted by Crippen LogP contribution is -2.27. The Balaban J connectivity index is 1.72. The molecule has 36 heavy (non-hydrogen) atoms. The number of methoxy groups -OCH3 is 3. The van der Waals surface area contributed by atoms with Gasteiger partial charge in [-0.15, -0.1) is 11.3 Å².